The third-order valence-electron chi connectivity index (χ3n) is 6.53. The maximum atomic E-state index is 15.2. The predicted molar refractivity (Wildman–Crippen MR) is 121 cm³/mol. The summed E-state index contributed by atoms with van der Waals surface area (Å²) < 4.78 is 23.1. The summed E-state index contributed by atoms with van der Waals surface area (Å²) >= 11 is 6.26. The number of aliphatic hydroxyl groups excluding tert-OH is 1. The molecule has 1 aliphatic heterocycles. The molecule has 33 heavy (non-hydrogen) atoms. The lowest BCUT2D eigenvalue weighted by molar-refractivity contribution is 0.0918. The summed E-state index contributed by atoms with van der Waals surface area (Å²) in [6.07, 6.45) is 4.85. The van der Waals surface area contributed by atoms with Crippen LogP contribution >= 0.6 is 11.6 Å². The number of nitrogens with one attached hydrogen (secondary N) is 1. The standard InChI is InChI=1S/C23H25ClFN5O3/c1-10-7-15(22-28-11(2)19-21(26)27-5-6-30(19)22)14-9-16(24)18(25)17(20(14)33-10)23(32)29-12-3-4-13(31)8-12/h5-6,9-10,12-13,15,31H,3-4,7-8H2,1-2H3,(H2,26,27)(H,29,32)/t10?,12-,13-,15+/m1/s1. The maximum absolute atomic E-state index is 15.2. The number of amides is 1. The molecule has 2 aromatic heterocycles. The highest BCUT2D eigenvalue weighted by molar-refractivity contribution is 6.31. The van der Waals surface area contributed by atoms with Gasteiger partial charge in [0.1, 0.15) is 28.5 Å². The molecular weight excluding hydrogens is 449 g/mol. The Balaban J connectivity index is 1.63. The topological polar surface area (TPSA) is 115 Å². The summed E-state index contributed by atoms with van der Waals surface area (Å²) in [6, 6.07) is 1.28. The molecule has 0 radical (unpaired) electrons. The highest BCUT2D eigenvalue weighted by Gasteiger charge is 2.37. The van der Waals surface area contributed by atoms with Gasteiger partial charge in [-0.2, -0.15) is 0 Å². The number of nitrogens with two attached hydrogens (primary N) is 1. The number of ether oxygens (including phenoxy) is 1. The van der Waals surface area contributed by atoms with Gasteiger partial charge in [-0.25, -0.2) is 14.4 Å². The van der Waals surface area contributed by atoms with Gasteiger partial charge in [0.05, 0.1) is 22.9 Å². The fourth-order valence-electron chi connectivity index (χ4n) is 5.03. The van der Waals surface area contributed by atoms with Gasteiger partial charge >= 0.3 is 0 Å². The highest BCUT2D eigenvalue weighted by Crippen LogP contribution is 2.45. The summed E-state index contributed by atoms with van der Waals surface area (Å²) in [5, 5.41) is 12.5. The Kier molecular flexibility index (Phi) is 5.41. The summed E-state index contributed by atoms with van der Waals surface area (Å²) in [7, 11) is 0. The molecule has 5 rings (SSSR count). The van der Waals surface area contributed by atoms with Gasteiger partial charge in [-0.15, -0.1) is 0 Å². The first-order valence-electron chi connectivity index (χ1n) is 11.0. The molecule has 1 saturated carbocycles. The van der Waals surface area contributed by atoms with Crippen LogP contribution in [-0.4, -0.2) is 43.6 Å². The zero-order valence-electron chi connectivity index (χ0n) is 18.3. The van der Waals surface area contributed by atoms with Gasteiger partial charge in [0.25, 0.3) is 5.91 Å². The number of nitrogens with zero attached hydrogens (tertiary/aromatic N) is 3. The molecule has 1 aliphatic carbocycles. The van der Waals surface area contributed by atoms with Crippen LogP contribution in [0.5, 0.6) is 5.75 Å². The van der Waals surface area contributed by atoms with Gasteiger partial charge < -0.3 is 20.9 Å². The number of rotatable bonds is 3. The maximum Gasteiger partial charge on any atom is 0.258 e. The van der Waals surface area contributed by atoms with Gasteiger partial charge in [0.2, 0.25) is 0 Å². The first-order valence-corrected chi connectivity index (χ1v) is 11.4. The van der Waals surface area contributed by atoms with E-state index in [0.29, 0.717) is 48.4 Å². The fourth-order valence-corrected chi connectivity index (χ4v) is 5.24. The van der Waals surface area contributed by atoms with E-state index in [-0.39, 0.29) is 34.4 Å². The molecule has 1 unspecified atom stereocenters. The molecule has 3 heterocycles. The van der Waals surface area contributed by atoms with E-state index in [9.17, 15) is 9.90 Å². The molecule has 0 saturated heterocycles. The number of benzene rings is 1. The number of aromatic nitrogens is 3. The Morgan fingerprint density at radius 1 is 1.39 bits per heavy atom. The van der Waals surface area contributed by atoms with E-state index in [1.165, 1.54) is 6.07 Å². The van der Waals surface area contributed by atoms with Gasteiger partial charge in [-0.1, -0.05) is 11.6 Å². The number of aryl methyl sites for hydroxylation is 1. The van der Waals surface area contributed by atoms with Gasteiger partial charge in [-0.05, 0) is 45.6 Å². The SMILES string of the molecule is Cc1nc([C@H]2CC(C)Oc3c2cc(Cl)c(F)c3C(=O)N[C@@H]2CC[C@@H](O)C2)n2ccnc(N)c12. The summed E-state index contributed by atoms with van der Waals surface area (Å²) in [5.41, 5.74) is 7.89. The Labute approximate surface area is 194 Å². The first-order chi connectivity index (χ1) is 15.7. The van der Waals surface area contributed by atoms with Crippen LogP contribution < -0.4 is 15.8 Å². The molecule has 0 spiro atoms. The van der Waals surface area contributed by atoms with Crippen LogP contribution in [0.2, 0.25) is 5.02 Å². The van der Waals surface area contributed by atoms with Crippen molar-refractivity contribution in [2.75, 3.05) is 5.73 Å². The lowest BCUT2D eigenvalue weighted by Gasteiger charge is -2.32. The van der Waals surface area contributed by atoms with Crippen LogP contribution in [0, 0.1) is 12.7 Å². The number of nitrogen functional groups attached to an aromatic ring is 1. The number of carbonyl (C=O) groups excluding carboxylic acids is 1. The summed E-state index contributed by atoms with van der Waals surface area (Å²) in [4.78, 5) is 22.0. The second-order valence-electron chi connectivity index (χ2n) is 8.91. The third kappa shape index (κ3) is 3.69. The highest BCUT2D eigenvalue weighted by atomic mass is 35.5. The number of fused-ring (bicyclic) bond motifs is 2. The molecule has 1 fully saturated rings. The number of halogens is 2. The van der Waals surface area contributed by atoms with E-state index in [0.717, 1.165) is 5.69 Å². The Hall–Kier alpha value is -2.91. The number of hydrogen-bond acceptors (Lipinski definition) is 6. The van der Waals surface area contributed by atoms with Crippen molar-refractivity contribution in [3.8, 4) is 5.75 Å². The molecule has 10 heteroatoms. The molecule has 1 amide bonds. The van der Waals surface area contributed by atoms with Crippen molar-refractivity contribution in [1.29, 1.82) is 0 Å². The molecule has 4 atom stereocenters. The fraction of sp³-hybridized carbons (Fsp3) is 0.435. The van der Waals surface area contributed by atoms with Gasteiger partial charge in [0.15, 0.2) is 5.82 Å². The number of carbonyl (C=O) groups is 1. The van der Waals surface area contributed by atoms with E-state index in [2.05, 4.69) is 10.3 Å². The third-order valence-corrected chi connectivity index (χ3v) is 6.80. The average molecular weight is 474 g/mol. The molecule has 8 nitrogen and oxygen atoms in total. The normalized spacial score (nSPS) is 24.5. The molecule has 2 aliphatic rings. The Bertz CT molecular complexity index is 1260. The van der Waals surface area contributed by atoms with E-state index >= 15 is 4.39 Å². The van der Waals surface area contributed by atoms with Gasteiger partial charge in [-0.3, -0.25) is 9.20 Å². The number of hydrogen-bond donors (Lipinski definition) is 3. The van der Waals surface area contributed by atoms with Crippen molar-refractivity contribution in [2.45, 2.75) is 63.7 Å². The minimum Gasteiger partial charge on any atom is -0.489 e. The minimum absolute atomic E-state index is 0.160. The second-order valence-corrected chi connectivity index (χ2v) is 9.31. The van der Waals surface area contributed by atoms with Crippen molar-refractivity contribution in [3.63, 3.8) is 0 Å². The van der Waals surface area contributed by atoms with Crippen molar-refractivity contribution >= 4 is 28.8 Å². The smallest absolute Gasteiger partial charge is 0.258 e. The van der Waals surface area contributed by atoms with E-state index in [1.807, 2.05) is 18.2 Å². The lowest BCUT2D eigenvalue weighted by Crippen LogP contribution is -2.35. The van der Waals surface area contributed by atoms with Gasteiger partial charge in [0, 0.05) is 29.9 Å². The Morgan fingerprint density at radius 2 is 2.18 bits per heavy atom. The van der Waals surface area contributed by atoms with Crippen LogP contribution in [0.25, 0.3) is 5.52 Å². The zero-order valence-corrected chi connectivity index (χ0v) is 19.1. The van der Waals surface area contributed by atoms with Crippen molar-refractivity contribution in [1.82, 2.24) is 19.7 Å². The van der Waals surface area contributed by atoms with Crippen LogP contribution in [0.15, 0.2) is 18.5 Å². The average Bonchev–Trinajstić information content (AvgIpc) is 3.32. The minimum atomic E-state index is -0.822. The molecule has 174 valence electrons. The number of imidazole rings is 1. The van der Waals surface area contributed by atoms with Crippen molar-refractivity contribution in [3.05, 3.63) is 51.9 Å². The van der Waals surface area contributed by atoms with Crippen LogP contribution in [0.4, 0.5) is 10.2 Å². The van der Waals surface area contributed by atoms with Crippen LogP contribution in [0.1, 0.15) is 66.0 Å². The molecule has 3 aromatic rings. The monoisotopic (exact) mass is 473 g/mol. The second kappa shape index (κ2) is 8.14. The van der Waals surface area contributed by atoms with Crippen molar-refractivity contribution < 1.29 is 19.0 Å². The number of anilines is 1. The van der Waals surface area contributed by atoms with E-state index < -0.39 is 17.8 Å². The van der Waals surface area contributed by atoms with E-state index in [4.69, 9.17) is 27.1 Å². The summed E-state index contributed by atoms with van der Waals surface area (Å²) in [6.45, 7) is 3.73. The van der Waals surface area contributed by atoms with Crippen molar-refractivity contribution in [2.24, 2.45) is 0 Å². The predicted octanol–water partition coefficient (Wildman–Crippen LogP) is 3.36. The lowest BCUT2D eigenvalue weighted by atomic mass is 9.87. The van der Waals surface area contributed by atoms with E-state index in [1.54, 1.807) is 12.4 Å². The summed E-state index contributed by atoms with van der Waals surface area (Å²) in [5.74, 6) is -0.489. The van der Waals surface area contributed by atoms with Crippen LogP contribution in [0.3, 0.4) is 0 Å². The zero-order chi connectivity index (χ0) is 23.4. The molecule has 4 N–H and O–H groups in total. The number of aliphatic hydroxyl groups is 1. The first kappa shape index (κ1) is 21.9. The van der Waals surface area contributed by atoms with Crippen LogP contribution in [-0.2, 0) is 0 Å². The largest absolute Gasteiger partial charge is 0.489 e. The molecule has 1 aromatic carbocycles. The Morgan fingerprint density at radius 3 is 2.91 bits per heavy atom. The molecular formula is C23H25ClFN5O3. The molecule has 0 bridgehead atoms. The quantitative estimate of drug-likeness (QED) is 0.537.